The molecule has 3 nitrogen and oxygen atoms in total. The van der Waals surface area contributed by atoms with Crippen molar-refractivity contribution in [2.75, 3.05) is 20.7 Å². The molecule has 1 aromatic rings. The smallest absolute Gasteiger partial charge is 0.306 e. The standard InChI is InChI=1S/C16H25NO2/c1-5-13-7-8-14(9-10-16(18)19-6-2)15(11-13)12-17(3)4/h7-8,11H,5-6,9-10,12H2,1-4H3. The van der Waals surface area contributed by atoms with Crippen LogP contribution in [0.3, 0.4) is 0 Å². The van der Waals surface area contributed by atoms with E-state index < -0.39 is 0 Å². The van der Waals surface area contributed by atoms with E-state index in [0.29, 0.717) is 13.0 Å². The Morgan fingerprint density at radius 3 is 2.53 bits per heavy atom. The van der Waals surface area contributed by atoms with Gasteiger partial charge in [0.15, 0.2) is 0 Å². The molecule has 0 saturated heterocycles. The van der Waals surface area contributed by atoms with Gasteiger partial charge in [0.1, 0.15) is 0 Å². The number of carbonyl (C=O) groups excluding carboxylic acids is 1. The SMILES string of the molecule is CCOC(=O)CCc1ccc(CC)cc1CN(C)C. The summed E-state index contributed by atoms with van der Waals surface area (Å²) in [6.07, 6.45) is 2.25. The monoisotopic (exact) mass is 263 g/mol. The van der Waals surface area contributed by atoms with Crippen molar-refractivity contribution in [3.63, 3.8) is 0 Å². The Labute approximate surface area is 116 Å². The molecule has 0 spiro atoms. The molecule has 0 heterocycles. The number of rotatable bonds is 7. The Bertz CT molecular complexity index is 413. The van der Waals surface area contributed by atoms with Crippen LogP contribution in [0.2, 0.25) is 0 Å². The Hall–Kier alpha value is -1.35. The maximum atomic E-state index is 11.4. The van der Waals surface area contributed by atoms with Crippen LogP contribution in [-0.2, 0) is 28.9 Å². The molecule has 3 heteroatoms. The zero-order chi connectivity index (χ0) is 14.3. The van der Waals surface area contributed by atoms with E-state index in [2.05, 4.69) is 44.1 Å². The second-order valence-corrected chi connectivity index (χ2v) is 5.00. The summed E-state index contributed by atoms with van der Waals surface area (Å²) in [6.45, 7) is 5.36. The van der Waals surface area contributed by atoms with Crippen LogP contribution in [0.25, 0.3) is 0 Å². The third-order valence-corrected chi connectivity index (χ3v) is 3.07. The van der Waals surface area contributed by atoms with Crippen LogP contribution in [-0.4, -0.2) is 31.6 Å². The van der Waals surface area contributed by atoms with Gasteiger partial charge in [0.05, 0.1) is 6.61 Å². The maximum Gasteiger partial charge on any atom is 0.306 e. The number of benzene rings is 1. The zero-order valence-corrected chi connectivity index (χ0v) is 12.5. The molecule has 0 aliphatic rings. The van der Waals surface area contributed by atoms with Crippen LogP contribution in [0.1, 0.15) is 37.0 Å². The van der Waals surface area contributed by atoms with Gasteiger partial charge in [-0.2, -0.15) is 0 Å². The molecule has 1 rings (SSSR count). The highest BCUT2D eigenvalue weighted by atomic mass is 16.5. The average molecular weight is 263 g/mol. The Kier molecular flexibility index (Phi) is 6.57. The van der Waals surface area contributed by atoms with E-state index in [1.165, 1.54) is 16.7 Å². The molecule has 0 radical (unpaired) electrons. The van der Waals surface area contributed by atoms with Gasteiger partial charge in [-0.25, -0.2) is 0 Å². The molecule has 0 unspecified atom stereocenters. The third-order valence-electron chi connectivity index (χ3n) is 3.07. The van der Waals surface area contributed by atoms with Gasteiger partial charge in [-0.1, -0.05) is 25.1 Å². The lowest BCUT2D eigenvalue weighted by molar-refractivity contribution is -0.143. The van der Waals surface area contributed by atoms with Crippen LogP contribution in [0, 0.1) is 0 Å². The Morgan fingerprint density at radius 1 is 1.21 bits per heavy atom. The molecule has 0 N–H and O–H groups in total. The zero-order valence-electron chi connectivity index (χ0n) is 12.5. The number of hydrogen-bond acceptors (Lipinski definition) is 3. The molecule has 0 saturated carbocycles. The first-order valence-corrected chi connectivity index (χ1v) is 6.97. The van der Waals surface area contributed by atoms with Crippen molar-refractivity contribution in [1.29, 1.82) is 0 Å². The topological polar surface area (TPSA) is 29.5 Å². The van der Waals surface area contributed by atoms with E-state index in [9.17, 15) is 4.79 Å². The van der Waals surface area contributed by atoms with E-state index in [4.69, 9.17) is 4.74 Å². The summed E-state index contributed by atoms with van der Waals surface area (Å²) in [4.78, 5) is 13.6. The number of nitrogens with zero attached hydrogens (tertiary/aromatic N) is 1. The van der Waals surface area contributed by atoms with E-state index >= 15 is 0 Å². The molecule has 0 fully saturated rings. The lowest BCUT2D eigenvalue weighted by Crippen LogP contribution is -2.13. The number of hydrogen-bond donors (Lipinski definition) is 0. The minimum atomic E-state index is -0.113. The largest absolute Gasteiger partial charge is 0.466 e. The predicted octanol–water partition coefficient (Wildman–Crippen LogP) is 2.81. The molecule has 0 amide bonds. The van der Waals surface area contributed by atoms with Crippen LogP contribution in [0.4, 0.5) is 0 Å². The van der Waals surface area contributed by atoms with Crippen molar-refractivity contribution in [2.45, 2.75) is 39.7 Å². The summed E-state index contributed by atoms with van der Waals surface area (Å²) in [5.74, 6) is -0.113. The number of esters is 1. The second-order valence-electron chi connectivity index (χ2n) is 5.00. The van der Waals surface area contributed by atoms with Gasteiger partial charge in [-0.15, -0.1) is 0 Å². The summed E-state index contributed by atoms with van der Waals surface area (Å²) in [7, 11) is 4.13. The third kappa shape index (κ3) is 5.43. The fraction of sp³-hybridized carbons (Fsp3) is 0.562. The first kappa shape index (κ1) is 15.7. The Balaban J connectivity index is 2.77. The molecule has 19 heavy (non-hydrogen) atoms. The summed E-state index contributed by atoms with van der Waals surface area (Å²) in [5.41, 5.74) is 3.91. The normalized spacial score (nSPS) is 10.8. The lowest BCUT2D eigenvalue weighted by atomic mass is 9.99. The van der Waals surface area contributed by atoms with Gasteiger partial charge in [-0.05, 0) is 50.6 Å². The molecule has 106 valence electrons. The summed E-state index contributed by atoms with van der Waals surface area (Å²) in [6, 6.07) is 6.55. The minimum absolute atomic E-state index is 0.113. The van der Waals surface area contributed by atoms with Crippen LogP contribution >= 0.6 is 0 Å². The fourth-order valence-corrected chi connectivity index (χ4v) is 2.10. The molecule has 0 aromatic heterocycles. The second kappa shape index (κ2) is 7.95. The van der Waals surface area contributed by atoms with Gasteiger partial charge in [-0.3, -0.25) is 4.79 Å². The number of ether oxygens (including phenoxy) is 1. The fourth-order valence-electron chi connectivity index (χ4n) is 2.10. The van der Waals surface area contributed by atoms with Crippen molar-refractivity contribution in [1.82, 2.24) is 4.90 Å². The first-order valence-electron chi connectivity index (χ1n) is 6.97. The number of aryl methyl sites for hydroxylation is 2. The minimum Gasteiger partial charge on any atom is -0.466 e. The molecule has 0 aliphatic carbocycles. The van der Waals surface area contributed by atoms with Crippen LogP contribution in [0.15, 0.2) is 18.2 Å². The number of carbonyl (C=O) groups is 1. The van der Waals surface area contributed by atoms with Crippen molar-refractivity contribution in [2.24, 2.45) is 0 Å². The van der Waals surface area contributed by atoms with Gasteiger partial charge in [0, 0.05) is 13.0 Å². The molecule has 1 aromatic carbocycles. The quantitative estimate of drug-likeness (QED) is 0.708. The maximum absolute atomic E-state index is 11.4. The van der Waals surface area contributed by atoms with E-state index in [1.807, 2.05) is 6.92 Å². The molecule has 0 atom stereocenters. The lowest BCUT2D eigenvalue weighted by Gasteiger charge is -2.15. The average Bonchev–Trinajstić information content (AvgIpc) is 2.36. The first-order chi connectivity index (χ1) is 9.06. The summed E-state index contributed by atoms with van der Waals surface area (Å²) < 4.78 is 4.98. The van der Waals surface area contributed by atoms with Gasteiger partial charge in [0.2, 0.25) is 0 Å². The predicted molar refractivity (Wildman–Crippen MR) is 78.2 cm³/mol. The van der Waals surface area contributed by atoms with Crippen molar-refractivity contribution >= 4 is 5.97 Å². The summed E-state index contributed by atoms with van der Waals surface area (Å²) >= 11 is 0. The highest BCUT2D eigenvalue weighted by Crippen LogP contribution is 2.16. The van der Waals surface area contributed by atoms with Crippen LogP contribution in [0.5, 0.6) is 0 Å². The van der Waals surface area contributed by atoms with E-state index in [1.54, 1.807) is 0 Å². The highest BCUT2D eigenvalue weighted by Gasteiger charge is 2.08. The van der Waals surface area contributed by atoms with Gasteiger partial charge in [0.25, 0.3) is 0 Å². The van der Waals surface area contributed by atoms with Gasteiger partial charge >= 0.3 is 5.97 Å². The molecular weight excluding hydrogens is 238 g/mol. The molecule has 0 aliphatic heterocycles. The molecular formula is C16H25NO2. The van der Waals surface area contributed by atoms with Crippen molar-refractivity contribution < 1.29 is 9.53 Å². The van der Waals surface area contributed by atoms with Crippen molar-refractivity contribution in [3.05, 3.63) is 34.9 Å². The van der Waals surface area contributed by atoms with E-state index in [-0.39, 0.29) is 5.97 Å². The summed E-state index contributed by atoms with van der Waals surface area (Å²) in [5, 5.41) is 0. The highest BCUT2D eigenvalue weighted by molar-refractivity contribution is 5.69. The van der Waals surface area contributed by atoms with Crippen molar-refractivity contribution in [3.8, 4) is 0 Å². The van der Waals surface area contributed by atoms with E-state index in [0.717, 1.165) is 19.4 Å². The molecule has 0 bridgehead atoms. The Morgan fingerprint density at radius 2 is 1.95 bits per heavy atom. The van der Waals surface area contributed by atoms with Gasteiger partial charge < -0.3 is 9.64 Å². The van der Waals surface area contributed by atoms with Crippen LogP contribution < -0.4 is 0 Å².